The number of hydrogen-bond acceptors (Lipinski definition) is 2. The lowest BCUT2D eigenvalue weighted by Gasteiger charge is -2.07. The third-order valence-electron chi connectivity index (χ3n) is 2.05. The van der Waals surface area contributed by atoms with Gasteiger partial charge in [0.15, 0.2) is 0 Å². The van der Waals surface area contributed by atoms with Gasteiger partial charge in [0.05, 0.1) is 6.61 Å². The van der Waals surface area contributed by atoms with Crippen LogP contribution in [0, 0.1) is 5.92 Å². The van der Waals surface area contributed by atoms with Crippen molar-refractivity contribution in [1.82, 2.24) is 0 Å². The average Bonchev–Trinajstić information content (AvgIpc) is 2.27. The van der Waals surface area contributed by atoms with E-state index in [1.165, 1.54) is 0 Å². The number of benzene rings is 1. The third kappa shape index (κ3) is 4.30. The zero-order valence-corrected chi connectivity index (χ0v) is 10.1. The van der Waals surface area contributed by atoms with E-state index in [-0.39, 0.29) is 5.97 Å². The van der Waals surface area contributed by atoms with Crippen molar-refractivity contribution < 1.29 is 9.53 Å². The summed E-state index contributed by atoms with van der Waals surface area (Å²) in [5.74, 6) is 0.131. The van der Waals surface area contributed by atoms with Crippen LogP contribution in [-0.2, 0) is 9.53 Å². The van der Waals surface area contributed by atoms with Gasteiger partial charge in [0, 0.05) is 5.57 Å². The van der Waals surface area contributed by atoms with Crippen LogP contribution in [0.2, 0.25) is 0 Å². The van der Waals surface area contributed by atoms with Crippen molar-refractivity contribution in [3.05, 3.63) is 41.5 Å². The molecule has 0 saturated heterocycles. The van der Waals surface area contributed by atoms with Crippen LogP contribution < -0.4 is 0 Å². The Bertz CT molecular complexity index is 364. The van der Waals surface area contributed by atoms with Crippen molar-refractivity contribution in [1.29, 1.82) is 0 Å². The normalized spacial score (nSPS) is 11.6. The number of ether oxygens (including phenoxy) is 1. The van der Waals surface area contributed by atoms with Crippen LogP contribution in [0.5, 0.6) is 0 Å². The minimum atomic E-state index is -0.238. The maximum atomic E-state index is 11.6. The minimum Gasteiger partial charge on any atom is -0.462 e. The molecule has 0 saturated carbocycles. The van der Waals surface area contributed by atoms with Crippen LogP contribution in [0.15, 0.2) is 35.9 Å². The van der Waals surface area contributed by atoms with E-state index < -0.39 is 0 Å². The van der Waals surface area contributed by atoms with E-state index in [4.69, 9.17) is 4.74 Å². The first-order valence-electron chi connectivity index (χ1n) is 5.50. The Hall–Kier alpha value is -1.57. The van der Waals surface area contributed by atoms with Crippen molar-refractivity contribution in [2.45, 2.75) is 20.8 Å². The summed E-state index contributed by atoms with van der Waals surface area (Å²) in [6, 6.07) is 9.75. The van der Waals surface area contributed by atoms with E-state index >= 15 is 0 Å². The molecule has 0 aliphatic heterocycles. The topological polar surface area (TPSA) is 26.3 Å². The highest BCUT2D eigenvalue weighted by molar-refractivity contribution is 5.92. The second kappa shape index (κ2) is 6.11. The fraction of sp³-hybridized carbons (Fsp3) is 0.357. The monoisotopic (exact) mass is 218 g/mol. The van der Waals surface area contributed by atoms with Gasteiger partial charge in [0.25, 0.3) is 0 Å². The molecule has 0 spiro atoms. The summed E-state index contributed by atoms with van der Waals surface area (Å²) in [7, 11) is 0. The molecular formula is C14H18O2. The molecule has 0 aromatic heterocycles. The number of esters is 1. The molecule has 0 heterocycles. The van der Waals surface area contributed by atoms with E-state index in [1.54, 1.807) is 6.92 Å². The van der Waals surface area contributed by atoms with Gasteiger partial charge < -0.3 is 4.74 Å². The molecule has 0 bridgehead atoms. The summed E-state index contributed by atoms with van der Waals surface area (Å²) < 4.78 is 5.13. The fourth-order valence-electron chi connectivity index (χ4n) is 1.21. The molecule has 1 rings (SSSR count). The molecule has 2 nitrogen and oxygen atoms in total. The zero-order chi connectivity index (χ0) is 12.0. The molecule has 0 aliphatic rings. The van der Waals surface area contributed by atoms with Gasteiger partial charge in [-0.3, -0.25) is 0 Å². The highest BCUT2D eigenvalue weighted by Gasteiger charge is 2.06. The lowest BCUT2D eigenvalue weighted by Crippen LogP contribution is -2.10. The summed E-state index contributed by atoms with van der Waals surface area (Å²) in [4.78, 5) is 11.6. The van der Waals surface area contributed by atoms with Crippen molar-refractivity contribution in [3.63, 3.8) is 0 Å². The Morgan fingerprint density at radius 2 is 1.94 bits per heavy atom. The number of carbonyl (C=O) groups is 1. The van der Waals surface area contributed by atoms with Crippen molar-refractivity contribution in [3.8, 4) is 0 Å². The Balaban J connectivity index is 2.60. The molecule has 0 unspecified atom stereocenters. The summed E-state index contributed by atoms with van der Waals surface area (Å²) >= 11 is 0. The predicted molar refractivity (Wildman–Crippen MR) is 65.9 cm³/mol. The van der Waals surface area contributed by atoms with E-state index in [2.05, 4.69) is 0 Å². The van der Waals surface area contributed by atoms with Gasteiger partial charge in [-0.15, -0.1) is 0 Å². The first-order chi connectivity index (χ1) is 7.59. The molecule has 2 heteroatoms. The quantitative estimate of drug-likeness (QED) is 0.572. The van der Waals surface area contributed by atoms with Crippen molar-refractivity contribution in [2.75, 3.05) is 6.61 Å². The molecule has 16 heavy (non-hydrogen) atoms. The average molecular weight is 218 g/mol. The van der Waals surface area contributed by atoms with Gasteiger partial charge in [-0.25, -0.2) is 4.79 Å². The number of rotatable bonds is 4. The molecule has 0 radical (unpaired) electrons. The molecular weight excluding hydrogens is 200 g/mol. The fourth-order valence-corrected chi connectivity index (χ4v) is 1.21. The van der Waals surface area contributed by atoms with Gasteiger partial charge >= 0.3 is 5.97 Å². The smallest absolute Gasteiger partial charge is 0.333 e. The SMILES string of the molecule is C/C(=C\c1ccccc1)C(=O)OCC(C)C. The molecule has 86 valence electrons. The van der Waals surface area contributed by atoms with Gasteiger partial charge in [-0.1, -0.05) is 44.2 Å². The van der Waals surface area contributed by atoms with Gasteiger partial charge in [-0.05, 0) is 24.5 Å². The molecule has 0 N–H and O–H groups in total. The minimum absolute atomic E-state index is 0.238. The lowest BCUT2D eigenvalue weighted by molar-refractivity contribution is -0.139. The second-order valence-electron chi connectivity index (χ2n) is 4.23. The summed E-state index contributed by atoms with van der Waals surface area (Å²) in [5.41, 5.74) is 1.65. The molecule has 1 aromatic rings. The Morgan fingerprint density at radius 3 is 2.50 bits per heavy atom. The first kappa shape index (κ1) is 12.5. The summed E-state index contributed by atoms with van der Waals surface area (Å²) in [6.07, 6.45) is 1.84. The Labute approximate surface area is 96.9 Å². The first-order valence-corrected chi connectivity index (χ1v) is 5.50. The molecule has 0 aliphatic carbocycles. The molecule has 0 amide bonds. The van der Waals surface area contributed by atoms with Gasteiger partial charge in [0.1, 0.15) is 0 Å². The lowest BCUT2D eigenvalue weighted by atomic mass is 10.1. The maximum Gasteiger partial charge on any atom is 0.333 e. The number of hydrogen-bond donors (Lipinski definition) is 0. The zero-order valence-electron chi connectivity index (χ0n) is 10.1. The van der Waals surface area contributed by atoms with Gasteiger partial charge in [-0.2, -0.15) is 0 Å². The maximum absolute atomic E-state index is 11.6. The van der Waals surface area contributed by atoms with E-state index in [0.29, 0.717) is 18.1 Å². The largest absolute Gasteiger partial charge is 0.462 e. The van der Waals surface area contributed by atoms with Crippen LogP contribution >= 0.6 is 0 Å². The van der Waals surface area contributed by atoms with E-state index in [0.717, 1.165) is 5.56 Å². The highest BCUT2D eigenvalue weighted by Crippen LogP contribution is 2.08. The van der Waals surface area contributed by atoms with Crippen LogP contribution in [0.25, 0.3) is 6.08 Å². The van der Waals surface area contributed by atoms with Crippen LogP contribution in [-0.4, -0.2) is 12.6 Å². The standard InChI is InChI=1S/C14H18O2/c1-11(2)10-16-14(15)12(3)9-13-7-5-4-6-8-13/h4-9,11H,10H2,1-3H3/b12-9+. The van der Waals surface area contributed by atoms with Crippen LogP contribution in [0.4, 0.5) is 0 Å². The predicted octanol–water partition coefficient (Wildman–Crippen LogP) is 3.29. The molecule has 0 atom stereocenters. The van der Waals surface area contributed by atoms with Crippen molar-refractivity contribution >= 4 is 12.0 Å². The summed E-state index contributed by atoms with van der Waals surface area (Å²) in [5, 5.41) is 0. The van der Waals surface area contributed by atoms with E-state index in [1.807, 2.05) is 50.3 Å². The summed E-state index contributed by atoms with van der Waals surface area (Å²) in [6.45, 7) is 6.28. The number of carbonyl (C=O) groups excluding carboxylic acids is 1. The van der Waals surface area contributed by atoms with Crippen LogP contribution in [0.3, 0.4) is 0 Å². The van der Waals surface area contributed by atoms with Crippen LogP contribution in [0.1, 0.15) is 26.3 Å². The third-order valence-corrected chi connectivity index (χ3v) is 2.05. The Kier molecular flexibility index (Phi) is 4.77. The molecule has 0 fully saturated rings. The van der Waals surface area contributed by atoms with Gasteiger partial charge in [0.2, 0.25) is 0 Å². The van der Waals surface area contributed by atoms with Crippen molar-refractivity contribution in [2.24, 2.45) is 5.92 Å². The van der Waals surface area contributed by atoms with E-state index in [9.17, 15) is 4.79 Å². The molecule has 1 aromatic carbocycles. The highest BCUT2D eigenvalue weighted by atomic mass is 16.5. The Morgan fingerprint density at radius 1 is 1.31 bits per heavy atom. The second-order valence-corrected chi connectivity index (χ2v) is 4.23.